The van der Waals surface area contributed by atoms with Crippen LogP contribution in [0.15, 0.2) is 24.3 Å². The predicted molar refractivity (Wildman–Crippen MR) is 86.4 cm³/mol. The Hall–Kier alpha value is -1.64. The largest absolute Gasteiger partial charge is 0.354 e. The van der Waals surface area contributed by atoms with Crippen molar-refractivity contribution in [1.29, 1.82) is 0 Å². The van der Waals surface area contributed by atoms with Gasteiger partial charge in [-0.25, -0.2) is 9.37 Å². The molecule has 2 heterocycles. The minimum atomic E-state index is -0.214. The van der Waals surface area contributed by atoms with Crippen molar-refractivity contribution in [2.45, 2.75) is 52.0 Å². The van der Waals surface area contributed by atoms with Gasteiger partial charge in [0, 0.05) is 24.0 Å². The lowest BCUT2D eigenvalue weighted by Crippen LogP contribution is -2.38. The van der Waals surface area contributed by atoms with E-state index in [-0.39, 0.29) is 5.82 Å². The van der Waals surface area contributed by atoms with Crippen LogP contribution < -0.4 is 4.90 Å². The van der Waals surface area contributed by atoms with Gasteiger partial charge in [-0.2, -0.15) is 0 Å². The first kappa shape index (κ1) is 14.3. The summed E-state index contributed by atoms with van der Waals surface area (Å²) in [5.74, 6) is 1.19. The normalized spacial score (nSPS) is 19.5. The molecule has 21 heavy (non-hydrogen) atoms. The number of hydrogen-bond donors (Lipinski definition) is 0. The Morgan fingerprint density at radius 3 is 2.76 bits per heavy atom. The number of fused-ring (bicyclic) bond motifs is 1. The number of hydrogen-bond acceptors (Lipinski definition) is 2. The first-order valence-electron chi connectivity index (χ1n) is 7.93. The third kappa shape index (κ3) is 2.74. The maximum atomic E-state index is 13.6. The Morgan fingerprint density at radius 1 is 1.24 bits per heavy atom. The van der Waals surface area contributed by atoms with Crippen LogP contribution in [0.3, 0.4) is 0 Å². The Morgan fingerprint density at radius 2 is 2.05 bits per heavy atom. The quantitative estimate of drug-likeness (QED) is 0.782. The fourth-order valence-corrected chi connectivity index (χ4v) is 3.28. The van der Waals surface area contributed by atoms with Gasteiger partial charge >= 0.3 is 0 Å². The highest BCUT2D eigenvalue weighted by Crippen LogP contribution is 2.31. The number of rotatable bonds is 2. The summed E-state index contributed by atoms with van der Waals surface area (Å²) in [6.45, 7) is 7.67. The van der Waals surface area contributed by atoms with Crippen molar-refractivity contribution in [2.75, 3.05) is 11.4 Å². The number of anilines is 1. The van der Waals surface area contributed by atoms with Gasteiger partial charge in [-0.05, 0) is 55.9 Å². The molecule has 1 aromatic carbocycles. The van der Waals surface area contributed by atoms with Gasteiger partial charge in [0.25, 0.3) is 0 Å². The van der Waals surface area contributed by atoms with Gasteiger partial charge in [0.15, 0.2) is 0 Å². The van der Waals surface area contributed by atoms with E-state index in [1.54, 1.807) is 6.07 Å². The van der Waals surface area contributed by atoms with Crippen molar-refractivity contribution in [2.24, 2.45) is 0 Å². The zero-order valence-electron chi connectivity index (χ0n) is 13.1. The second-order valence-corrected chi connectivity index (χ2v) is 6.42. The molecule has 0 aliphatic carbocycles. The van der Waals surface area contributed by atoms with Crippen molar-refractivity contribution >= 4 is 16.7 Å². The summed E-state index contributed by atoms with van der Waals surface area (Å²) in [4.78, 5) is 7.11. The van der Waals surface area contributed by atoms with Crippen molar-refractivity contribution in [3.63, 3.8) is 0 Å². The highest BCUT2D eigenvalue weighted by Gasteiger charge is 2.21. The molecule has 0 saturated carbocycles. The number of aromatic nitrogens is 1. The SMILES string of the molecule is CC(C)c1cc(N2CCCCC2C)nc2cc(F)ccc12. The molecule has 2 nitrogen and oxygen atoms in total. The van der Waals surface area contributed by atoms with Crippen LogP contribution in [0.4, 0.5) is 10.2 Å². The van der Waals surface area contributed by atoms with Crippen LogP contribution in [0.25, 0.3) is 10.9 Å². The molecule has 0 bridgehead atoms. The van der Waals surface area contributed by atoms with E-state index in [1.807, 2.05) is 6.07 Å². The highest BCUT2D eigenvalue weighted by atomic mass is 19.1. The smallest absolute Gasteiger partial charge is 0.129 e. The Bertz CT molecular complexity index is 651. The molecule has 112 valence electrons. The third-order valence-corrected chi connectivity index (χ3v) is 4.51. The van der Waals surface area contributed by atoms with Crippen LogP contribution in [-0.4, -0.2) is 17.6 Å². The monoisotopic (exact) mass is 286 g/mol. The van der Waals surface area contributed by atoms with E-state index in [9.17, 15) is 4.39 Å². The van der Waals surface area contributed by atoms with Crippen LogP contribution in [0.5, 0.6) is 0 Å². The zero-order valence-corrected chi connectivity index (χ0v) is 13.1. The molecular weight excluding hydrogens is 263 g/mol. The van der Waals surface area contributed by atoms with E-state index in [2.05, 4.69) is 31.7 Å². The lowest BCUT2D eigenvalue weighted by atomic mass is 9.97. The van der Waals surface area contributed by atoms with Gasteiger partial charge < -0.3 is 4.90 Å². The van der Waals surface area contributed by atoms with E-state index in [0.717, 1.165) is 23.3 Å². The molecule has 1 fully saturated rings. The number of nitrogens with zero attached hydrogens (tertiary/aromatic N) is 2. The number of pyridine rings is 1. The summed E-state index contributed by atoms with van der Waals surface area (Å²) in [7, 11) is 0. The second-order valence-electron chi connectivity index (χ2n) is 6.42. The molecule has 3 heteroatoms. The zero-order chi connectivity index (χ0) is 15.0. The summed E-state index contributed by atoms with van der Waals surface area (Å²) in [5.41, 5.74) is 2.03. The van der Waals surface area contributed by atoms with Crippen molar-refractivity contribution in [3.8, 4) is 0 Å². The van der Waals surface area contributed by atoms with Gasteiger partial charge in [-0.15, -0.1) is 0 Å². The number of halogens is 1. The van der Waals surface area contributed by atoms with Crippen LogP contribution in [0.1, 0.15) is 51.5 Å². The maximum Gasteiger partial charge on any atom is 0.129 e. The van der Waals surface area contributed by atoms with E-state index >= 15 is 0 Å². The van der Waals surface area contributed by atoms with Crippen LogP contribution in [0.2, 0.25) is 0 Å². The predicted octanol–water partition coefficient (Wildman–Crippen LogP) is 4.88. The molecule has 1 aliphatic rings. The molecule has 0 spiro atoms. The molecular formula is C18H23FN2. The summed E-state index contributed by atoms with van der Waals surface area (Å²) in [6.07, 6.45) is 3.71. The Balaban J connectivity index is 2.14. The van der Waals surface area contributed by atoms with Crippen molar-refractivity contribution < 1.29 is 4.39 Å². The lowest BCUT2D eigenvalue weighted by molar-refractivity contribution is 0.481. The van der Waals surface area contributed by atoms with Gasteiger partial charge in [0.05, 0.1) is 5.52 Å². The first-order valence-corrected chi connectivity index (χ1v) is 7.93. The van der Waals surface area contributed by atoms with Gasteiger partial charge in [0.2, 0.25) is 0 Å². The summed E-state index contributed by atoms with van der Waals surface area (Å²) < 4.78 is 13.6. The molecule has 2 aromatic rings. The summed E-state index contributed by atoms with van der Waals surface area (Å²) in [5, 5.41) is 1.07. The number of benzene rings is 1. The Labute approximate surface area is 126 Å². The van der Waals surface area contributed by atoms with Gasteiger partial charge in [-0.1, -0.05) is 13.8 Å². The molecule has 0 N–H and O–H groups in total. The fraction of sp³-hybridized carbons (Fsp3) is 0.500. The number of piperidine rings is 1. The van der Waals surface area contributed by atoms with Crippen LogP contribution >= 0.6 is 0 Å². The third-order valence-electron chi connectivity index (χ3n) is 4.51. The van der Waals surface area contributed by atoms with Crippen molar-refractivity contribution in [3.05, 3.63) is 35.6 Å². The molecule has 1 saturated heterocycles. The van der Waals surface area contributed by atoms with Gasteiger partial charge in [-0.3, -0.25) is 0 Å². The van der Waals surface area contributed by atoms with E-state index in [4.69, 9.17) is 4.98 Å². The second kappa shape index (κ2) is 5.63. The molecule has 1 aromatic heterocycles. The Kier molecular flexibility index (Phi) is 3.83. The van der Waals surface area contributed by atoms with Crippen LogP contribution in [0, 0.1) is 5.82 Å². The van der Waals surface area contributed by atoms with Crippen molar-refractivity contribution in [1.82, 2.24) is 4.98 Å². The highest BCUT2D eigenvalue weighted by molar-refractivity contribution is 5.84. The maximum absolute atomic E-state index is 13.6. The van der Waals surface area contributed by atoms with Crippen LogP contribution in [-0.2, 0) is 0 Å². The molecule has 1 unspecified atom stereocenters. The standard InChI is InChI=1S/C18H23FN2/c1-12(2)16-11-18(21-9-5-4-6-13(21)3)20-17-10-14(19)7-8-15(16)17/h7-8,10-13H,4-6,9H2,1-3H3. The first-order chi connectivity index (χ1) is 10.1. The van der Waals surface area contributed by atoms with E-state index < -0.39 is 0 Å². The lowest BCUT2D eigenvalue weighted by Gasteiger charge is -2.35. The molecule has 3 rings (SSSR count). The molecule has 0 radical (unpaired) electrons. The fourth-order valence-electron chi connectivity index (χ4n) is 3.28. The molecule has 1 aliphatic heterocycles. The topological polar surface area (TPSA) is 16.1 Å². The summed E-state index contributed by atoms with van der Waals surface area (Å²) >= 11 is 0. The van der Waals surface area contributed by atoms with E-state index in [0.29, 0.717) is 12.0 Å². The van der Waals surface area contributed by atoms with E-state index in [1.165, 1.54) is 30.9 Å². The minimum absolute atomic E-state index is 0.214. The average Bonchev–Trinajstić information content (AvgIpc) is 2.46. The minimum Gasteiger partial charge on any atom is -0.354 e. The average molecular weight is 286 g/mol. The summed E-state index contributed by atoms with van der Waals surface area (Å²) in [6, 6.07) is 7.65. The molecule has 0 amide bonds. The van der Waals surface area contributed by atoms with Gasteiger partial charge in [0.1, 0.15) is 11.6 Å². The molecule has 1 atom stereocenters.